The first kappa shape index (κ1) is 19.4. The molecule has 3 aromatic rings. The normalized spacial score (nSPS) is 12.3. The van der Waals surface area contributed by atoms with Crippen LogP contribution in [0.1, 0.15) is 25.8 Å². The van der Waals surface area contributed by atoms with Crippen molar-refractivity contribution >= 4 is 34.9 Å². The second-order valence-corrected chi connectivity index (χ2v) is 7.61. The summed E-state index contributed by atoms with van der Waals surface area (Å²) in [6, 6.07) is 11.2. The lowest BCUT2D eigenvalue weighted by molar-refractivity contribution is -0.122. The third kappa shape index (κ3) is 4.90. The molecule has 0 aliphatic carbocycles. The number of aromatic nitrogens is 4. The number of benzene rings is 1. The molecule has 3 rings (SSSR count). The summed E-state index contributed by atoms with van der Waals surface area (Å²) < 4.78 is 2.36. The van der Waals surface area contributed by atoms with Crippen LogP contribution < -0.4 is 11.0 Å². The molecule has 2 heterocycles. The molecule has 0 aliphatic rings. The molecule has 1 aromatic carbocycles. The molecule has 1 unspecified atom stereocenters. The van der Waals surface area contributed by atoms with Gasteiger partial charge >= 0.3 is 5.69 Å². The van der Waals surface area contributed by atoms with Crippen molar-refractivity contribution in [2.45, 2.75) is 43.6 Å². The average molecular weight is 406 g/mol. The average Bonchev–Trinajstić information content (AvgIpc) is 2.96. The van der Waals surface area contributed by atoms with Crippen molar-refractivity contribution in [3.05, 3.63) is 57.5 Å². The van der Waals surface area contributed by atoms with Crippen molar-refractivity contribution < 1.29 is 4.79 Å². The highest BCUT2D eigenvalue weighted by atomic mass is 35.5. The van der Waals surface area contributed by atoms with E-state index in [-0.39, 0.29) is 18.5 Å². The zero-order valence-electron chi connectivity index (χ0n) is 15.1. The number of nitrogens with one attached hydrogen (secondary N) is 1. The number of thioether (sulfide) groups is 1. The van der Waals surface area contributed by atoms with E-state index in [0.29, 0.717) is 21.4 Å². The van der Waals surface area contributed by atoms with Gasteiger partial charge in [-0.2, -0.15) is 9.61 Å². The number of hydrogen-bond donors (Lipinski definition) is 1. The lowest BCUT2D eigenvalue weighted by Crippen LogP contribution is -2.37. The lowest BCUT2D eigenvalue weighted by Gasteiger charge is -2.10. The highest BCUT2D eigenvalue weighted by Crippen LogP contribution is 2.21. The van der Waals surface area contributed by atoms with Crippen LogP contribution in [0.4, 0.5) is 0 Å². The van der Waals surface area contributed by atoms with Crippen LogP contribution in [0.15, 0.2) is 46.2 Å². The summed E-state index contributed by atoms with van der Waals surface area (Å²) in [5.41, 5.74) is 1.08. The van der Waals surface area contributed by atoms with Crippen molar-refractivity contribution in [3.63, 3.8) is 0 Å². The zero-order valence-corrected chi connectivity index (χ0v) is 16.6. The van der Waals surface area contributed by atoms with Gasteiger partial charge in [-0.1, -0.05) is 42.4 Å². The first-order chi connectivity index (χ1) is 13.0. The van der Waals surface area contributed by atoms with E-state index in [1.54, 1.807) is 6.07 Å². The minimum absolute atomic E-state index is 0.0548. The predicted molar refractivity (Wildman–Crippen MR) is 106 cm³/mol. The van der Waals surface area contributed by atoms with Gasteiger partial charge in [-0.3, -0.25) is 4.79 Å². The van der Waals surface area contributed by atoms with Gasteiger partial charge in [-0.15, -0.1) is 5.10 Å². The van der Waals surface area contributed by atoms with E-state index in [1.807, 2.05) is 44.2 Å². The first-order valence-electron chi connectivity index (χ1n) is 8.59. The Morgan fingerprint density at radius 3 is 2.67 bits per heavy atom. The van der Waals surface area contributed by atoms with E-state index in [0.717, 1.165) is 16.7 Å². The summed E-state index contributed by atoms with van der Waals surface area (Å²) in [6.45, 7) is 3.77. The molecule has 0 aliphatic heterocycles. The molecule has 9 heteroatoms. The van der Waals surface area contributed by atoms with Crippen LogP contribution in [-0.2, 0) is 17.1 Å². The quantitative estimate of drug-likeness (QED) is 0.611. The Balaban J connectivity index is 1.73. The molecule has 0 saturated heterocycles. The van der Waals surface area contributed by atoms with Crippen LogP contribution in [0.5, 0.6) is 0 Å². The van der Waals surface area contributed by atoms with E-state index in [9.17, 15) is 9.59 Å². The van der Waals surface area contributed by atoms with Crippen LogP contribution in [0.3, 0.4) is 0 Å². The van der Waals surface area contributed by atoms with Crippen molar-refractivity contribution in [1.29, 1.82) is 0 Å². The Bertz CT molecular complexity index is 999. The van der Waals surface area contributed by atoms with E-state index in [2.05, 4.69) is 15.5 Å². The minimum Gasteiger partial charge on any atom is -0.352 e. The number of amides is 1. The van der Waals surface area contributed by atoms with Gasteiger partial charge in [0.15, 0.2) is 5.65 Å². The number of halogens is 1. The van der Waals surface area contributed by atoms with Gasteiger partial charge in [0.1, 0.15) is 11.6 Å². The molecule has 142 valence electrons. The second-order valence-electron chi connectivity index (χ2n) is 6.17. The number of fused-ring (bicyclic) bond motifs is 1. The predicted octanol–water partition coefficient (Wildman–Crippen LogP) is 2.75. The molecular weight excluding hydrogens is 386 g/mol. The van der Waals surface area contributed by atoms with Crippen LogP contribution in [0, 0.1) is 0 Å². The molecule has 1 amide bonds. The highest BCUT2D eigenvalue weighted by Gasteiger charge is 2.13. The number of rotatable bonds is 7. The molecule has 1 N–H and O–H groups in total. The van der Waals surface area contributed by atoms with Gasteiger partial charge in [0.2, 0.25) is 5.91 Å². The second kappa shape index (κ2) is 8.58. The zero-order chi connectivity index (χ0) is 19.4. The van der Waals surface area contributed by atoms with Gasteiger partial charge in [-0.25, -0.2) is 9.48 Å². The van der Waals surface area contributed by atoms with Crippen LogP contribution in [-0.4, -0.2) is 31.3 Å². The summed E-state index contributed by atoms with van der Waals surface area (Å²) >= 11 is 7.40. The van der Waals surface area contributed by atoms with Crippen molar-refractivity contribution in [3.8, 4) is 0 Å². The molecule has 7 nitrogen and oxygen atoms in total. The smallest absolute Gasteiger partial charge is 0.352 e. The monoisotopic (exact) mass is 405 g/mol. The van der Waals surface area contributed by atoms with Crippen molar-refractivity contribution in [2.24, 2.45) is 0 Å². The van der Waals surface area contributed by atoms with Crippen molar-refractivity contribution in [1.82, 2.24) is 24.7 Å². The van der Waals surface area contributed by atoms with Crippen molar-refractivity contribution in [2.75, 3.05) is 0 Å². The van der Waals surface area contributed by atoms with E-state index in [4.69, 9.17) is 11.6 Å². The maximum atomic E-state index is 12.5. The van der Waals surface area contributed by atoms with E-state index < -0.39 is 5.69 Å². The molecular formula is C18H20ClN5O2S. The maximum Gasteiger partial charge on any atom is 0.367 e. The Hall–Kier alpha value is -2.32. The van der Waals surface area contributed by atoms with Crippen LogP contribution >= 0.6 is 23.4 Å². The molecule has 0 saturated carbocycles. The van der Waals surface area contributed by atoms with Crippen LogP contribution in [0.25, 0.3) is 5.65 Å². The standard InChI is InChI=1S/C18H20ClN5O2S/c1-3-12(2)20-16(25)10-23-18(26)24-15(21-23)8-9-17(22-24)27-11-13-4-6-14(19)7-5-13/h4-9,12H,3,10-11H2,1-2H3,(H,20,25). The summed E-state index contributed by atoms with van der Waals surface area (Å²) in [5, 5.41) is 12.7. The molecule has 0 spiro atoms. The Labute approximate surface area is 165 Å². The first-order valence-corrected chi connectivity index (χ1v) is 9.96. The summed E-state index contributed by atoms with van der Waals surface area (Å²) in [6.07, 6.45) is 0.821. The fourth-order valence-electron chi connectivity index (χ4n) is 2.37. The maximum absolute atomic E-state index is 12.5. The van der Waals surface area contributed by atoms with E-state index in [1.165, 1.54) is 16.3 Å². The topological polar surface area (TPSA) is 81.3 Å². The van der Waals surface area contributed by atoms with Gasteiger partial charge in [-0.05, 0) is 43.2 Å². The molecule has 1 atom stereocenters. The van der Waals surface area contributed by atoms with Gasteiger partial charge in [0.05, 0.1) is 0 Å². The summed E-state index contributed by atoms with van der Waals surface area (Å²) in [7, 11) is 0. The fourth-order valence-corrected chi connectivity index (χ4v) is 3.30. The molecule has 0 fully saturated rings. The number of nitrogens with zero attached hydrogens (tertiary/aromatic N) is 4. The number of carbonyl (C=O) groups excluding carboxylic acids is 1. The van der Waals surface area contributed by atoms with Gasteiger partial charge in [0.25, 0.3) is 0 Å². The molecule has 0 bridgehead atoms. The highest BCUT2D eigenvalue weighted by molar-refractivity contribution is 7.98. The van der Waals surface area contributed by atoms with E-state index >= 15 is 0 Å². The summed E-state index contributed by atoms with van der Waals surface area (Å²) in [5.74, 6) is 0.461. The molecule has 2 aromatic heterocycles. The molecule has 27 heavy (non-hydrogen) atoms. The van der Waals surface area contributed by atoms with Gasteiger partial charge < -0.3 is 5.32 Å². The SMILES string of the molecule is CCC(C)NC(=O)Cn1nc2ccc(SCc3ccc(Cl)cc3)nn2c1=O. The third-order valence-corrected chi connectivity index (χ3v) is 5.27. The van der Waals surface area contributed by atoms with Crippen LogP contribution in [0.2, 0.25) is 5.02 Å². The number of carbonyl (C=O) groups is 1. The van der Waals surface area contributed by atoms with Gasteiger partial charge in [0, 0.05) is 16.8 Å². The Morgan fingerprint density at radius 2 is 1.96 bits per heavy atom. The summed E-state index contributed by atoms with van der Waals surface area (Å²) in [4.78, 5) is 24.5. The third-order valence-electron chi connectivity index (χ3n) is 4.03. The Kier molecular flexibility index (Phi) is 6.18. The fraction of sp³-hybridized carbons (Fsp3) is 0.333. The number of hydrogen-bond acceptors (Lipinski definition) is 5. The molecule has 0 radical (unpaired) electrons. The minimum atomic E-state index is -0.432. The largest absolute Gasteiger partial charge is 0.367 e. The Morgan fingerprint density at radius 1 is 1.22 bits per heavy atom. The lowest BCUT2D eigenvalue weighted by atomic mass is 10.2.